The van der Waals surface area contributed by atoms with E-state index < -0.39 is 30.1 Å². The molecule has 7 nitrogen and oxygen atoms in total. The summed E-state index contributed by atoms with van der Waals surface area (Å²) in [5.74, 6) is 2.13. The van der Waals surface area contributed by atoms with Crippen LogP contribution in [0.25, 0.3) is 0 Å². The van der Waals surface area contributed by atoms with Crippen LogP contribution in [0.4, 0.5) is 0 Å². The van der Waals surface area contributed by atoms with Crippen LogP contribution in [0.1, 0.15) is 99.3 Å². The van der Waals surface area contributed by atoms with E-state index >= 15 is 0 Å². The van der Waals surface area contributed by atoms with Crippen LogP contribution in [0.15, 0.2) is 0 Å². The van der Waals surface area contributed by atoms with Crippen molar-refractivity contribution < 1.29 is 24.2 Å². The smallest absolute Gasteiger partial charge is 0.329 e. The topological polar surface area (TPSA) is 119 Å². The SMILES string of the molecule is CC(=O)[C@H]1CC[C@H]2[C@@H]3CC[C@H]4C[C@H](OC(=O)[C@@H](NC(=O)[C@@H](N)[C@@H](C)O)C(C)C)CC[C@]4(C)[C@H]3CC[C@]12C. The summed E-state index contributed by atoms with van der Waals surface area (Å²) in [7, 11) is 0. The Morgan fingerprint density at radius 2 is 1.59 bits per heavy atom. The Labute approximate surface area is 223 Å². The van der Waals surface area contributed by atoms with E-state index in [2.05, 4.69) is 19.2 Å². The number of fused-ring (bicyclic) bond motifs is 5. The van der Waals surface area contributed by atoms with Gasteiger partial charge in [-0.05, 0) is 112 Å². The van der Waals surface area contributed by atoms with Crippen LogP contribution < -0.4 is 11.1 Å². The Morgan fingerprint density at radius 1 is 0.946 bits per heavy atom. The summed E-state index contributed by atoms with van der Waals surface area (Å²) in [6, 6.07) is -1.86. The summed E-state index contributed by atoms with van der Waals surface area (Å²) < 4.78 is 6.02. The number of amides is 1. The molecule has 0 aromatic heterocycles. The van der Waals surface area contributed by atoms with Crippen molar-refractivity contribution in [2.45, 2.75) is 124 Å². The number of carbonyl (C=O) groups is 3. The molecule has 4 aliphatic carbocycles. The third kappa shape index (κ3) is 5.11. The fourth-order valence-corrected chi connectivity index (χ4v) is 9.20. The predicted molar refractivity (Wildman–Crippen MR) is 142 cm³/mol. The molecule has 4 rings (SSSR count). The fraction of sp³-hybridized carbons (Fsp3) is 0.900. The third-order valence-corrected chi connectivity index (χ3v) is 11.4. The third-order valence-electron chi connectivity index (χ3n) is 11.4. The maximum absolute atomic E-state index is 13.1. The van der Waals surface area contributed by atoms with Gasteiger partial charge in [0, 0.05) is 5.92 Å². The Kier molecular flexibility index (Phi) is 8.17. The average Bonchev–Trinajstić information content (AvgIpc) is 3.19. The number of hydrogen-bond acceptors (Lipinski definition) is 6. The zero-order valence-corrected chi connectivity index (χ0v) is 23.8. The molecule has 4 N–H and O–H groups in total. The molecule has 7 heteroatoms. The number of hydrogen-bond donors (Lipinski definition) is 3. The second kappa shape index (κ2) is 10.6. The fourth-order valence-electron chi connectivity index (χ4n) is 9.20. The molecule has 0 heterocycles. The first-order valence-corrected chi connectivity index (χ1v) is 14.7. The Balaban J connectivity index is 1.40. The number of ether oxygens (including phenoxy) is 1. The lowest BCUT2D eigenvalue weighted by Crippen LogP contribution is -2.56. The van der Waals surface area contributed by atoms with Crippen molar-refractivity contribution in [3.63, 3.8) is 0 Å². The van der Waals surface area contributed by atoms with Crippen LogP contribution >= 0.6 is 0 Å². The van der Waals surface area contributed by atoms with Gasteiger partial charge in [-0.1, -0.05) is 27.7 Å². The van der Waals surface area contributed by atoms with Crippen molar-refractivity contribution in [3.05, 3.63) is 0 Å². The number of aliphatic hydroxyl groups excluding tert-OH is 1. The quantitative estimate of drug-likeness (QED) is 0.439. The molecule has 0 aliphatic heterocycles. The van der Waals surface area contributed by atoms with Crippen LogP contribution in [-0.2, 0) is 19.1 Å². The van der Waals surface area contributed by atoms with Crippen molar-refractivity contribution in [3.8, 4) is 0 Å². The molecule has 0 saturated heterocycles. The van der Waals surface area contributed by atoms with Gasteiger partial charge < -0.3 is 20.9 Å². The summed E-state index contributed by atoms with van der Waals surface area (Å²) >= 11 is 0. The van der Waals surface area contributed by atoms with E-state index in [-0.39, 0.29) is 28.8 Å². The molecular weight excluding hydrogens is 468 g/mol. The average molecular weight is 519 g/mol. The molecule has 4 aliphatic rings. The minimum Gasteiger partial charge on any atom is -0.461 e. The first kappa shape index (κ1) is 28.5. The zero-order chi connectivity index (χ0) is 27.3. The predicted octanol–water partition coefficient (Wildman–Crippen LogP) is 4.00. The normalized spacial score (nSPS) is 41.5. The van der Waals surface area contributed by atoms with Gasteiger partial charge in [-0.15, -0.1) is 0 Å². The van der Waals surface area contributed by atoms with Crippen LogP contribution in [0.3, 0.4) is 0 Å². The molecule has 11 atom stereocenters. The molecule has 4 saturated carbocycles. The van der Waals surface area contributed by atoms with Gasteiger partial charge in [0.05, 0.1) is 6.10 Å². The number of ketones is 1. The molecular formula is C30H50N2O5. The number of esters is 1. The molecule has 37 heavy (non-hydrogen) atoms. The minimum atomic E-state index is -1.08. The molecule has 0 radical (unpaired) electrons. The number of carbonyl (C=O) groups excluding carboxylic acids is 3. The summed E-state index contributed by atoms with van der Waals surface area (Å²) in [6.07, 6.45) is 8.69. The molecule has 0 bridgehead atoms. The van der Waals surface area contributed by atoms with E-state index in [4.69, 9.17) is 10.5 Å². The maximum atomic E-state index is 13.1. The van der Waals surface area contributed by atoms with Gasteiger partial charge in [0.2, 0.25) is 5.91 Å². The lowest BCUT2D eigenvalue weighted by atomic mass is 9.44. The monoisotopic (exact) mass is 518 g/mol. The van der Waals surface area contributed by atoms with Crippen molar-refractivity contribution in [1.82, 2.24) is 5.32 Å². The maximum Gasteiger partial charge on any atom is 0.329 e. The van der Waals surface area contributed by atoms with Crippen LogP contribution in [0, 0.1) is 46.3 Å². The Morgan fingerprint density at radius 3 is 2.22 bits per heavy atom. The van der Waals surface area contributed by atoms with Crippen molar-refractivity contribution in [1.29, 1.82) is 0 Å². The summed E-state index contributed by atoms with van der Waals surface area (Å²) in [6.45, 7) is 11.9. The van der Waals surface area contributed by atoms with E-state index in [0.29, 0.717) is 29.5 Å². The molecule has 0 spiro atoms. The van der Waals surface area contributed by atoms with Crippen molar-refractivity contribution in [2.24, 2.45) is 52.1 Å². The second-order valence-corrected chi connectivity index (χ2v) is 13.8. The van der Waals surface area contributed by atoms with E-state index in [9.17, 15) is 19.5 Å². The van der Waals surface area contributed by atoms with Gasteiger partial charge in [0.1, 0.15) is 24.0 Å². The molecule has 0 unspecified atom stereocenters. The van der Waals surface area contributed by atoms with Crippen LogP contribution in [0.5, 0.6) is 0 Å². The van der Waals surface area contributed by atoms with Gasteiger partial charge in [0.15, 0.2) is 0 Å². The summed E-state index contributed by atoms with van der Waals surface area (Å²) in [5.41, 5.74) is 6.20. The highest BCUT2D eigenvalue weighted by molar-refractivity contribution is 5.88. The second-order valence-electron chi connectivity index (χ2n) is 13.8. The molecule has 1 amide bonds. The lowest BCUT2D eigenvalue weighted by Gasteiger charge is -2.61. The highest BCUT2D eigenvalue weighted by Crippen LogP contribution is 2.67. The molecule has 210 valence electrons. The number of nitrogens with one attached hydrogen (secondary N) is 1. The van der Waals surface area contributed by atoms with Gasteiger partial charge in [-0.2, -0.15) is 0 Å². The standard InChI is InChI=1S/C30H50N2O5/c1-16(2)26(32-27(35)25(31)18(4)34)28(36)37-20-11-13-29(5)19(15-20)7-8-21-23-10-9-22(17(3)33)30(23,6)14-12-24(21)29/h16,18-26,34H,7-15,31H2,1-6H3,(H,32,35)/t18-,19+,20-,21+,22-,23+,24+,25+,26+,29+,30-/m1/s1. The van der Waals surface area contributed by atoms with Gasteiger partial charge in [-0.25, -0.2) is 4.79 Å². The largest absolute Gasteiger partial charge is 0.461 e. The van der Waals surface area contributed by atoms with E-state index in [1.165, 1.54) is 26.2 Å². The number of aliphatic hydroxyl groups is 1. The van der Waals surface area contributed by atoms with Crippen LogP contribution in [-0.4, -0.2) is 47.1 Å². The molecule has 0 aromatic carbocycles. The first-order chi connectivity index (χ1) is 17.3. The highest BCUT2D eigenvalue weighted by Gasteiger charge is 2.61. The van der Waals surface area contributed by atoms with Gasteiger partial charge >= 0.3 is 5.97 Å². The van der Waals surface area contributed by atoms with Gasteiger partial charge in [0.25, 0.3) is 0 Å². The number of Topliss-reactive ketones (excluding diaryl/α,β-unsaturated/α-hetero) is 1. The van der Waals surface area contributed by atoms with Crippen molar-refractivity contribution in [2.75, 3.05) is 0 Å². The van der Waals surface area contributed by atoms with Crippen LogP contribution in [0.2, 0.25) is 0 Å². The Hall–Kier alpha value is -1.47. The summed E-state index contributed by atoms with van der Waals surface area (Å²) in [4.78, 5) is 37.9. The lowest BCUT2D eigenvalue weighted by molar-refractivity contribution is -0.166. The van der Waals surface area contributed by atoms with Crippen molar-refractivity contribution >= 4 is 17.7 Å². The van der Waals surface area contributed by atoms with E-state index in [0.717, 1.165) is 38.5 Å². The summed E-state index contributed by atoms with van der Waals surface area (Å²) in [5, 5.41) is 12.3. The number of nitrogens with two attached hydrogens (primary N) is 1. The van der Waals surface area contributed by atoms with Gasteiger partial charge in [-0.3, -0.25) is 9.59 Å². The zero-order valence-electron chi connectivity index (χ0n) is 23.8. The first-order valence-electron chi connectivity index (χ1n) is 14.7. The highest BCUT2D eigenvalue weighted by atomic mass is 16.5. The molecule has 0 aromatic rings. The Bertz CT molecular complexity index is 889. The molecule has 4 fully saturated rings. The minimum absolute atomic E-state index is 0.131. The van der Waals surface area contributed by atoms with E-state index in [1.807, 2.05) is 13.8 Å². The number of rotatable bonds is 7. The van der Waals surface area contributed by atoms with E-state index in [1.54, 1.807) is 6.92 Å².